The van der Waals surface area contributed by atoms with Gasteiger partial charge >= 0.3 is 6.03 Å². The quantitative estimate of drug-likeness (QED) is 0.737. The Bertz CT molecular complexity index is 528. The fourth-order valence-corrected chi connectivity index (χ4v) is 4.04. The zero-order valence-electron chi connectivity index (χ0n) is 16.0. The van der Waals surface area contributed by atoms with Crippen LogP contribution in [0, 0.1) is 5.92 Å². The Morgan fingerprint density at radius 3 is 2.54 bits per heavy atom. The highest BCUT2D eigenvalue weighted by Gasteiger charge is 2.22. The highest BCUT2D eigenvalue weighted by Crippen LogP contribution is 2.22. The molecule has 2 heterocycles. The third kappa shape index (κ3) is 6.20. The van der Waals surface area contributed by atoms with Crippen molar-refractivity contribution in [1.29, 1.82) is 0 Å². The summed E-state index contributed by atoms with van der Waals surface area (Å²) >= 11 is 0. The summed E-state index contributed by atoms with van der Waals surface area (Å²) < 4.78 is 0. The van der Waals surface area contributed by atoms with Crippen molar-refractivity contribution in [3.63, 3.8) is 0 Å². The lowest BCUT2D eigenvalue weighted by Gasteiger charge is -2.20. The summed E-state index contributed by atoms with van der Waals surface area (Å²) in [5, 5.41) is 6.07. The molecule has 2 amide bonds. The first kappa shape index (κ1) is 19.0. The lowest BCUT2D eigenvalue weighted by atomic mass is 10.1. The number of carbonyl (C=O) groups is 1. The van der Waals surface area contributed by atoms with Gasteiger partial charge in [0.05, 0.1) is 0 Å². The van der Waals surface area contributed by atoms with E-state index in [4.69, 9.17) is 0 Å². The number of benzene rings is 1. The van der Waals surface area contributed by atoms with E-state index in [2.05, 4.69) is 50.8 Å². The minimum absolute atomic E-state index is 0.0148. The lowest BCUT2D eigenvalue weighted by Crippen LogP contribution is -2.40. The van der Waals surface area contributed by atoms with Gasteiger partial charge in [-0.3, -0.25) is 0 Å². The van der Waals surface area contributed by atoms with Crippen molar-refractivity contribution < 1.29 is 4.79 Å². The van der Waals surface area contributed by atoms with Crippen LogP contribution in [0.2, 0.25) is 0 Å². The van der Waals surface area contributed by atoms with Crippen LogP contribution in [-0.2, 0) is 0 Å². The third-order valence-electron chi connectivity index (χ3n) is 5.59. The summed E-state index contributed by atoms with van der Waals surface area (Å²) in [4.78, 5) is 17.0. The Hall–Kier alpha value is -1.75. The first-order chi connectivity index (χ1) is 12.8. The molecule has 2 N–H and O–H groups in total. The van der Waals surface area contributed by atoms with E-state index < -0.39 is 0 Å². The van der Waals surface area contributed by atoms with Crippen molar-refractivity contribution in [2.45, 2.75) is 38.5 Å². The molecule has 2 fully saturated rings. The Kier molecular flexibility index (Phi) is 7.62. The molecule has 1 aromatic carbocycles. The molecular formula is C21H34N4O. The average Bonchev–Trinajstić information content (AvgIpc) is 3.00. The van der Waals surface area contributed by atoms with Crippen molar-refractivity contribution in [2.75, 3.05) is 50.7 Å². The number of likely N-dealkylation sites (tertiary alicyclic amines) is 1. The fraction of sp³-hybridized carbons (Fsp3) is 0.667. The highest BCUT2D eigenvalue weighted by atomic mass is 16.2. The van der Waals surface area contributed by atoms with Crippen LogP contribution in [0.4, 0.5) is 10.5 Å². The standard InChI is InChI=1S/C21H34N4O/c26-21(22-12-8-15-24-13-6-1-2-7-14-24)23-17-19-11-16-25(18-19)20-9-4-3-5-10-20/h3-5,9-10,19H,1-2,6-8,11-18H2,(H2,22,23,26)/t19-/m1/s1. The van der Waals surface area contributed by atoms with Gasteiger partial charge in [-0.2, -0.15) is 0 Å². The Morgan fingerprint density at radius 1 is 1.00 bits per heavy atom. The topological polar surface area (TPSA) is 47.6 Å². The second kappa shape index (κ2) is 10.4. The zero-order chi connectivity index (χ0) is 18.0. The Morgan fingerprint density at radius 2 is 1.77 bits per heavy atom. The van der Waals surface area contributed by atoms with Crippen LogP contribution in [0.5, 0.6) is 0 Å². The summed E-state index contributed by atoms with van der Waals surface area (Å²) in [5.41, 5.74) is 1.29. The Balaban J connectivity index is 1.25. The molecular weight excluding hydrogens is 324 g/mol. The lowest BCUT2D eigenvalue weighted by molar-refractivity contribution is 0.237. The molecule has 0 radical (unpaired) electrons. The van der Waals surface area contributed by atoms with Gasteiger partial charge in [0, 0.05) is 31.9 Å². The number of nitrogens with zero attached hydrogens (tertiary/aromatic N) is 2. The van der Waals surface area contributed by atoms with Crippen LogP contribution in [0.25, 0.3) is 0 Å². The molecule has 0 unspecified atom stereocenters. The van der Waals surface area contributed by atoms with E-state index in [0.717, 1.165) is 45.6 Å². The molecule has 0 aliphatic carbocycles. The molecule has 1 atom stereocenters. The van der Waals surface area contributed by atoms with Gasteiger partial charge in [-0.15, -0.1) is 0 Å². The molecule has 0 aromatic heterocycles. The number of carbonyl (C=O) groups excluding carboxylic acids is 1. The van der Waals surface area contributed by atoms with Crippen LogP contribution in [-0.4, -0.2) is 56.7 Å². The van der Waals surface area contributed by atoms with Crippen molar-refractivity contribution in [1.82, 2.24) is 15.5 Å². The van der Waals surface area contributed by atoms with E-state index >= 15 is 0 Å². The average molecular weight is 359 g/mol. The van der Waals surface area contributed by atoms with E-state index in [1.54, 1.807) is 0 Å². The molecule has 26 heavy (non-hydrogen) atoms. The van der Waals surface area contributed by atoms with E-state index in [1.807, 2.05) is 0 Å². The van der Waals surface area contributed by atoms with Gasteiger partial charge in [0.25, 0.3) is 0 Å². The Labute approximate surface area is 158 Å². The first-order valence-corrected chi connectivity index (χ1v) is 10.4. The molecule has 0 saturated carbocycles. The van der Waals surface area contributed by atoms with Gasteiger partial charge in [-0.1, -0.05) is 31.0 Å². The van der Waals surface area contributed by atoms with Crippen LogP contribution in [0.15, 0.2) is 30.3 Å². The molecule has 144 valence electrons. The number of hydrogen-bond acceptors (Lipinski definition) is 3. The smallest absolute Gasteiger partial charge is 0.314 e. The number of nitrogens with one attached hydrogen (secondary N) is 2. The van der Waals surface area contributed by atoms with Crippen LogP contribution in [0.3, 0.4) is 0 Å². The summed E-state index contributed by atoms with van der Waals surface area (Å²) in [5.74, 6) is 0.540. The van der Waals surface area contributed by atoms with Crippen molar-refractivity contribution >= 4 is 11.7 Å². The second-order valence-electron chi connectivity index (χ2n) is 7.68. The maximum Gasteiger partial charge on any atom is 0.314 e. The van der Waals surface area contributed by atoms with Gasteiger partial charge in [-0.05, 0) is 63.4 Å². The van der Waals surface area contributed by atoms with Crippen LogP contribution < -0.4 is 15.5 Å². The molecule has 2 saturated heterocycles. The molecule has 2 aliphatic rings. The van der Waals surface area contributed by atoms with Crippen molar-refractivity contribution in [3.05, 3.63) is 30.3 Å². The van der Waals surface area contributed by atoms with Crippen molar-refractivity contribution in [3.8, 4) is 0 Å². The van der Waals surface area contributed by atoms with E-state index in [1.165, 1.54) is 44.5 Å². The predicted octanol–water partition coefficient (Wildman–Crippen LogP) is 3.08. The molecule has 3 rings (SSSR count). The molecule has 1 aromatic rings. The zero-order valence-corrected chi connectivity index (χ0v) is 16.0. The van der Waals surface area contributed by atoms with Crippen LogP contribution >= 0.6 is 0 Å². The number of rotatable bonds is 7. The minimum Gasteiger partial charge on any atom is -0.371 e. The van der Waals surface area contributed by atoms with Gasteiger partial charge in [0.15, 0.2) is 0 Å². The van der Waals surface area contributed by atoms with E-state index in [9.17, 15) is 4.79 Å². The molecule has 5 nitrogen and oxygen atoms in total. The molecule has 5 heteroatoms. The first-order valence-electron chi connectivity index (χ1n) is 10.4. The number of urea groups is 1. The maximum absolute atomic E-state index is 12.0. The third-order valence-corrected chi connectivity index (χ3v) is 5.59. The summed E-state index contributed by atoms with van der Waals surface area (Å²) in [6.07, 6.45) is 7.59. The van der Waals surface area contributed by atoms with Gasteiger partial charge < -0.3 is 20.4 Å². The number of anilines is 1. The SMILES string of the molecule is O=C(NCCCN1CCCCCC1)NC[C@H]1CCN(c2ccccc2)C1. The van der Waals surface area contributed by atoms with Crippen LogP contribution in [0.1, 0.15) is 38.5 Å². The normalized spacial score (nSPS) is 21.4. The van der Waals surface area contributed by atoms with E-state index in [0.29, 0.717) is 5.92 Å². The summed E-state index contributed by atoms with van der Waals surface area (Å²) in [7, 11) is 0. The number of hydrogen-bond donors (Lipinski definition) is 2. The van der Waals surface area contributed by atoms with Crippen molar-refractivity contribution in [2.24, 2.45) is 5.92 Å². The summed E-state index contributed by atoms with van der Waals surface area (Å²) in [6, 6.07) is 10.5. The van der Waals surface area contributed by atoms with E-state index in [-0.39, 0.29) is 6.03 Å². The number of para-hydroxylation sites is 1. The fourth-order valence-electron chi connectivity index (χ4n) is 4.04. The molecule has 0 bridgehead atoms. The predicted molar refractivity (Wildman–Crippen MR) is 108 cm³/mol. The maximum atomic E-state index is 12.0. The largest absolute Gasteiger partial charge is 0.371 e. The highest BCUT2D eigenvalue weighted by molar-refractivity contribution is 5.73. The van der Waals surface area contributed by atoms with Gasteiger partial charge in [0.1, 0.15) is 0 Å². The van der Waals surface area contributed by atoms with Gasteiger partial charge in [-0.25, -0.2) is 4.79 Å². The summed E-state index contributed by atoms with van der Waals surface area (Å²) in [6.45, 7) is 7.20. The minimum atomic E-state index is -0.0148. The van der Waals surface area contributed by atoms with Gasteiger partial charge in [0.2, 0.25) is 0 Å². The molecule has 2 aliphatic heterocycles. The number of amides is 2. The monoisotopic (exact) mass is 358 g/mol. The molecule has 0 spiro atoms. The second-order valence-corrected chi connectivity index (χ2v) is 7.68.